The summed E-state index contributed by atoms with van der Waals surface area (Å²) < 4.78 is 0. The summed E-state index contributed by atoms with van der Waals surface area (Å²) in [7, 11) is 0. The van der Waals surface area contributed by atoms with Gasteiger partial charge in [0.15, 0.2) is 0 Å². The highest BCUT2D eigenvalue weighted by Crippen LogP contribution is 1.93. The lowest BCUT2D eigenvalue weighted by molar-refractivity contribution is 0.102. The predicted octanol–water partition coefficient (Wildman–Crippen LogP) is 0.396. The molecule has 6 heavy (non-hydrogen) atoms. The standard InChI is InChI=1S/C4H10O.Si/c1-4(2,3)5;/h5H,1-3H3;. The van der Waals surface area contributed by atoms with E-state index in [2.05, 4.69) is 0 Å². The average molecular weight is 102 g/mol. The van der Waals surface area contributed by atoms with E-state index in [0.29, 0.717) is 0 Å². The maximum Gasteiger partial charge on any atom is 0.0563 e. The van der Waals surface area contributed by atoms with E-state index in [0.717, 1.165) is 0 Å². The third-order valence-electron chi connectivity index (χ3n) is 0. The van der Waals surface area contributed by atoms with Gasteiger partial charge in [-0.05, 0) is 20.8 Å². The van der Waals surface area contributed by atoms with Gasteiger partial charge in [-0.1, -0.05) is 0 Å². The second-order valence-corrected chi connectivity index (χ2v) is 2.17. The monoisotopic (exact) mass is 102 g/mol. The van der Waals surface area contributed by atoms with Crippen LogP contribution in [0, 0.1) is 0 Å². The van der Waals surface area contributed by atoms with Crippen LogP contribution in [0.1, 0.15) is 20.8 Å². The molecule has 2 heteroatoms. The number of hydrogen-bond donors (Lipinski definition) is 1. The molecule has 1 nitrogen and oxygen atoms in total. The van der Waals surface area contributed by atoms with Crippen molar-refractivity contribution in [1.82, 2.24) is 0 Å². The fourth-order valence-electron chi connectivity index (χ4n) is 0. The largest absolute Gasteiger partial charge is 0.391 e. The Hall–Kier alpha value is 0.177. The molecule has 1 N–H and O–H groups in total. The molecule has 0 heterocycles. The molecule has 0 bridgehead atoms. The Bertz CT molecular complexity index is 23.0. The summed E-state index contributed by atoms with van der Waals surface area (Å²) in [4.78, 5) is 0. The molecular formula is C4H10OSi. The van der Waals surface area contributed by atoms with Crippen molar-refractivity contribution >= 4 is 11.0 Å². The Labute approximate surface area is 43.4 Å². The van der Waals surface area contributed by atoms with Crippen LogP contribution in [0.2, 0.25) is 0 Å². The maximum atomic E-state index is 8.52. The van der Waals surface area contributed by atoms with E-state index in [9.17, 15) is 0 Å². The number of rotatable bonds is 0. The van der Waals surface area contributed by atoms with Gasteiger partial charge in [-0.3, -0.25) is 0 Å². The molecule has 36 valence electrons. The van der Waals surface area contributed by atoms with Crippen LogP contribution in [-0.2, 0) is 0 Å². The summed E-state index contributed by atoms with van der Waals surface area (Å²) in [6.07, 6.45) is 0. The van der Waals surface area contributed by atoms with Crippen LogP contribution in [0.15, 0.2) is 0 Å². The lowest BCUT2D eigenvalue weighted by atomic mass is 10.2. The highest BCUT2D eigenvalue weighted by Gasteiger charge is 1.97. The molecule has 4 radical (unpaired) electrons. The first-order chi connectivity index (χ1) is 2.00. The smallest absolute Gasteiger partial charge is 0.0563 e. The Balaban J connectivity index is 0. The van der Waals surface area contributed by atoms with Gasteiger partial charge in [0.1, 0.15) is 0 Å². The van der Waals surface area contributed by atoms with E-state index in [4.69, 9.17) is 5.11 Å². The van der Waals surface area contributed by atoms with Crippen molar-refractivity contribution in [2.24, 2.45) is 0 Å². The van der Waals surface area contributed by atoms with Crippen LogP contribution in [0.3, 0.4) is 0 Å². The first-order valence-corrected chi connectivity index (χ1v) is 1.72. The molecule has 0 aromatic rings. The first kappa shape index (κ1) is 9.49. The summed E-state index contributed by atoms with van der Waals surface area (Å²) in [6, 6.07) is 0. The third kappa shape index (κ3) is 1350. The molecule has 0 saturated heterocycles. The van der Waals surface area contributed by atoms with Crippen molar-refractivity contribution in [2.75, 3.05) is 0 Å². The Morgan fingerprint density at radius 2 is 1.17 bits per heavy atom. The van der Waals surface area contributed by atoms with E-state index < -0.39 is 5.60 Å². The molecule has 0 aliphatic heterocycles. The predicted molar refractivity (Wildman–Crippen MR) is 27.7 cm³/mol. The highest BCUT2D eigenvalue weighted by atomic mass is 28.1. The summed E-state index contributed by atoms with van der Waals surface area (Å²) in [5.41, 5.74) is -0.500. The second kappa shape index (κ2) is 2.37. The molecule has 0 aliphatic carbocycles. The van der Waals surface area contributed by atoms with Crippen molar-refractivity contribution in [3.63, 3.8) is 0 Å². The van der Waals surface area contributed by atoms with Gasteiger partial charge < -0.3 is 5.11 Å². The minimum atomic E-state index is -0.500. The number of aliphatic hydroxyl groups is 1. The van der Waals surface area contributed by atoms with E-state index in [-0.39, 0.29) is 11.0 Å². The Kier molecular flexibility index (Phi) is 3.74. The highest BCUT2D eigenvalue weighted by molar-refractivity contribution is 5.75. The molecular weight excluding hydrogens is 92.1 g/mol. The molecule has 0 fully saturated rings. The summed E-state index contributed by atoms with van der Waals surface area (Å²) in [5.74, 6) is 0. The fraction of sp³-hybridized carbons (Fsp3) is 1.00. The molecule has 0 rings (SSSR count). The van der Waals surface area contributed by atoms with Crippen LogP contribution >= 0.6 is 0 Å². The van der Waals surface area contributed by atoms with Crippen molar-refractivity contribution < 1.29 is 5.11 Å². The molecule has 0 aromatic carbocycles. The van der Waals surface area contributed by atoms with Crippen molar-refractivity contribution in [3.05, 3.63) is 0 Å². The minimum absolute atomic E-state index is 0. The molecule has 0 aromatic heterocycles. The fourth-order valence-corrected chi connectivity index (χ4v) is 0. The average Bonchev–Trinajstić information content (AvgIpc) is 0.722. The third-order valence-corrected chi connectivity index (χ3v) is 0. The minimum Gasteiger partial charge on any atom is -0.391 e. The maximum absolute atomic E-state index is 8.52. The second-order valence-electron chi connectivity index (χ2n) is 2.17. The van der Waals surface area contributed by atoms with Crippen molar-refractivity contribution in [3.8, 4) is 0 Å². The lowest BCUT2D eigenvalue weighted by Gasteiger charge is -2.04. The Morgan fingerprint density at radius 3 is 1.17 bits per heavy atom. The van der Waals surface area contributed by atoms with Crippen LogP contribution in [0.4, 0.5) is 0 Å². The van der Waals surface area contributed by atoms with Gasteiger partial charge in [0.25, 0.3) is 0 Å². The molecule has 0 aliphatic rings. The summed E-state index contributed by atoms with van der Waals surface area (Å²) in [6.45, 7) is 5.23. The van der Waals surface area contributed by atoms with Crippen molar-refractivity contribution in [1.29, 1.82) is 0 Å². The Morgan fingerprint density at radius 1 is 1.17 bits per heavy atom. The van der Waals surface area contributed by atoms with Gasteiger partial charge >= 0.3 is 0 Å². The molecule has 0 unspecified atom stereocenters. The van der Waals surface area contributed by atoms with Gasteiger partial charge in [0.2, 0.25) is 0 Å². The van der Waals surface area contributed by atoms with Crippen LogP contribution in [-0.4, -0.2) is 21.7 Å². The van der Waals surface area contributed by atoms with Gasteiger partial charge in [-0.25, -0.2) is 0 Å². The zero-order chi connectivity index (χ0) is 4.50. The normalized spacial score (nSPS) is 10.0. The molecule has 0 amide bonds. The zero-order valence-electron chi connectivity index (χ0n) is 4.45. The van der Waals surface area contributed by atoms with E-state index >= 15 is 0 Å². The number of hydrogen-bond acceptors (Lipinski definition) is 1. The molecule has 0 atom stereocenters. The van der Waals surface area contributed by atoms with E-state index in [1.165, 1.54) is 0 Å². The van der Waals surface area contributed by atoms with E-state index in [1.54, 1.807) is 20.8 Å². The van der Waals surface area contributed by atoms with Gasteiger partial charge in [-0.2, -0.15) is 0 Å². The summed E-state index contributed by atoms with van der Waals surface area (Å²) in [5, 5.41) is 8.52. The van der Waals surface area contributed by atoms with Crippen LogP contribution < -0.4 is 0 Å². The first-order valence-electron chi connectivity index (χ1n) is 1.72. The van der Waals surface area contributed by atoms with Crippen LogP contribution in [0.25, 0.3) is 0 Å². The zero-order valence-corrected chi connectivity index (χ0v) is 5.45. The van der Waals surface area contributed by atoms with E-state index in [1.807, 2.05) is 0 Å². The van der Waals surface area contributed by atoms with Gasteiger partial charge in [0.05, 0.1) is 5.60 Å². The van der Waals surface area contributed by atoms with Crippen molar-refractivity contribution in [2.45, 2.75) is 26.4 Å². The molecule has 0 saturated carbocycles. The topological polar surface area (TPSA) is 20.2 Å². The van der Waals surface area contributed by atoms with Crippen LogP contribution in [0.5, 0.6) is 0 Å². The van der Waals surface area contributed by atoms with Gasteiger partial charge in [-0.15, -0.1) is 0 Å². The lowest BCUT2D eigenvalue weighted by Crippen LogP contribution is -2.10. The SMILES string of the molecule is CC(C)(C)O.[Si]. The summed E-state index contributed by atoms with van der Waals surface area (Å²) >= 11 is 0. The quantitative estimate of drug-likeness (QED) is 0.439. The molecule has 0 spiro atoms. The van der Waals surface area contributed by atoms with Gasteiger partial charge in [0, 0.05) is 11.0 Å².